The highest BCUT2D eigenvalue weighted by Gasteiger charge is 2.38. The lowest BCUT2D eigenvalue weighted by atomic mass is 10.1. The summed E-state index contributed by atoms with van der Waals surface area (Å²) < 4.78 is 36.9. The van der Waals surface area contributed by atoms with Gasteiger partial charge in [0.25, 0.3) is 0 Å². The molecule has 3 rings (SSSR count). The van der Waals surface area contributed by atoms with E-state index >= 15 is 0 Å². The van der Waals surface area contributed by atoms with Crippen LogP contribution in [-0.2, 0) is 14.6 Å². The normalized spacial score (nSPS) is 28.2. The Morgan fingerprint density at radius 3 is 2.62 bits per heavy atom. The molecule has 0 aliphatic carbocycles. The molecule has 2 aliphatic rings. The zero-order valence-electron chi connectivity index (χ0n) is 11.5. The van der Waals surface area contributed by atoms with Gasteiger partial charge >= 0.3 is 0 Å². The average molecular weight is 312 g/mol. The van der Waals surface area contributed by atoms with E-state index in [1.54, 1.807) is 17.0 Å². The molecule has 1 aromatic rings. The number of halogens is 1. The van der Waals surface area contributed by atoms with E-state index < -0.39 is 15.1 Å². The van der Waals surface area contributed by atoms with Crippen LogP contribution in [-0.4, -0.2) is 43.3 Å². The van der Waals surface area contributed by atoms with Crippen LogP contribution in [0.4, 0.5) is 4.39 Å². The van der Waals surface area contributed by atoms with Crippen molar-refractivity contribution in [1.82, 2.24) is 10.2 Å². The third kappa shape index (κ3) is 2.80. The van der Waals surface area contributed by atoms with Crippen molar-refractivity contribution in [2.24, 2.45) is 0 Å². The smallest absolute Gasteiger partial charge is 0.238 e. The van der Waals surface area contributed by atoms with E-state index in [1.165, 1.54) is 12.1 Å². The molecule has 2 heterocycles. The highest BCUT2D eigenvalue weighted by Crippen LogP contribution is 2.27. The van der Waals surface area contributed by atoms with E-state index in [2.05, 4.69) is 5.32 Å². The van der Waals surface area contributed by atoms with Gasteiger partial charge in [-0.3, -0.25) is 10.1 Å². The summed E-state index contributed by atoms with van der Waals surface area (Å²) in [5.41, 5.74) is 0.762. The van der Waals surface area contributed by atoms with Gasteiger partial charge in [0.2, 0.25) is 5.91 Å². The summed E-state index contributed by atoms with van der Waals surface area (Å²) in [6.45, 7) is 0.380. The van der Waals surface area contributed by atoms with E-state index in [0.29, 0.717) is 12.8 Å². The van der Waals surface area contributed by atoms with Gasteiger partial charge in [-0.05, 0) is 30.5 Å². The fraction of sp³-hybridized carbons (Fsp3) is 0.500. The zero-order valence-corrected chi connectivity index (χ0v) is 12.3. The molecule has 0 aromatic heterocycles. The second-order valence-corrected chi connectivity index (χ2v) is 7.91. The number of nitrogens with zero attached hydrogens (tertiary/aromatic N) is 1. The predicted molar refractivity (Wildman–Crippen MR) is 75.7 cm³/mol. The van der Waals surface area contributed by atoms with Crippen LogP contribution >= 0.6 is 0 Å². The summed E-state index contributed by atoms with van der Waals surface area (Å²) in [5.74, 6) is -0.256. The zero-order chi connectivity index (χ0) is 15.0. The quantitative estimate of drug-likeness (QED) is 0.898. The Morgan fingerprint density at radius 1 is 1.29 bits per heavy atom. The van der Waals surface area contributed by atoms with E-state index in [1.807, 2.05) is 0 Å². The van der Waals surface area contributed by atoms with E-state index in [0.717, 1.165) is 5.56 Å². The summed E-state index contributed by atoms with van der Waals surface area (Å²) in [6, 6.07) is 5.90. The van der Waals surface area contributed by atoms with Crippen LogP contribution in [0.5, 0.6) is 0 Å². The molecule has 7 heteroatoms. The number of amides is 1. The van der Waals surface area contributed by atoms with Gasteiger partial charge in [-0.25, -0.2) is 12.8 Å². The SMILES string of the molecule is O=C1CNC(c2ccc(F)cc2)N1CC1CCCS1(=O)=O. The first-order valence-electron chi connectivity index (χ1n) is 6.97. The Hall–Kier alpha value is -1.47. The fourth-order valence-corrected chi connectivity index (χ4v) is 4.79. The molecule has 21 heavy (non-hydrogen) atoms. The Balaban J connectivity index is 1.81. The summed E-state index contributed by atoms with van der Waals surface area (Å²) in [6.07, 6.45) is 0.875. The van der Waals surface area contributed by atoms with Gasteiger partial charge in [0, 0.05) is 6.54 Å². The number of nitrogens with one attached hydrogen (secondary N) is 1. The highest BCUT2D eigenvalue weighted by atomic mass is 32.2. The number of hydrogen-bond donors (Lipinski definition) is 1. The fourth-order valence-electron chi connectivity index (χ4n) is 2.97. The van der Waals surface area contributed by atoms with Crippen molar-refractivity contribution in [3.63, 3.8) is 0 Å². The summed E-state index contributed by atoms with van der Waals surface area (Å²) in [4.78, 5) is 13.6. The molecule has 0 radical (unpaired) electrons. The second kappa shape index (κ2) is 5.38. The van der Waals surface area contributed by atoms with Crippen molar-refractivity contribution >= 4 is 15.7 Å². The van der Waals surface area contributed by atoms with Crippen molar-refractivity contribution in [2.45, 2.75) is 24.3 Å². The number of rotatable bonds is 3. The number of benzene rings is 1. The minimum atomic E-state index is -3.09. The topological polar surface area (TPSA) is 66.5 Å². The summed E-state index contributed by atoms with van der Waals surface area (Å²) in [7, 11) is -3.09. The van der Waals surface area contributed by atoms with Crippen LogP contribution in [0.2, 0.25) is 0 Å². The number of hydrogen-bond acceptors (Lipinski definition) is 4. The highest BCUT2D eigenvalue weighted by molar-refractivity contribution is 7.92. The molecule has 2 atom stereocenters. The Kier molecular flexibility index (Phi) is 3.71. The first-order chi connectivity index (χ1) is 9.97. The first kappa shape index (κ1) is 14.5. The lowest BCUT2D eigenvalue weighted by Gasteiger charge is -2.27. The van der Waals surface area contributed by atoms with Crippen LogP contribution in [0.3, 0.4) is 0 Å². The molecule has 5 nitrogen and oxygen atoms in total. The molecule has 114 valence electrons. The van der Waals surface area contributed by atoms with Crippen LogP contribution in [0.25, 0.3) is 0 Å². The van der Waals surface area contributed by atoms with Crippen molar-refractivity contribution < 1.29 is 17.6 Å². The molecule has 1 N–H and O–H groups in total. The molecule has 0 bridgehead atoms. The largest absolute Gasteiger partial charge is 0.321 e. The maximum Gasteiger partial charge on any atom is 0.238 e. The Labute approximate surface area is 123 Å². The molecule has 2 saturated heterocycles. The first-order valence-corrected chi connectivity index (χ1v) is 8.69. The summed E-state index contributed by atoms with van der Waals surface area (Å²) >= 11 is 0. The maximum atomic E-state index is 13.0. The van der Waals surface area contributed by atoms with Crippen molar-refractivity contribution in [3.05, 3.63) is 35.6 Å². The van der Waals surface area contributed by atoms with Gasteiger partial charge in [0.15, 0.2) is 9.84 Å². The van der Waals surface area contributed by atoms with Crippen molar-refractivity contribution in [3.8, 4) is 0 Å². The minimum Gasteiger partial charge on any atom is -0.321 e. The standard InChI is InChI=1S/C14H17FN2O3S/c15-11-5-3-10(4-6-11)14-16-8-13(18)17(14)9-12-2-1-7-21(12,19)20/h3-6,12,14,16H,1-2,7-9H2. The number of carbonyl (C=O) groups is 1. The van der Waals surface area contributed by atoms with Crippen LogP contribution in [0.15, 0.2) is 24.3 Å². The Bertz CT molecular complexity index is 645. The second-order valence-electron chi connectivity index (χ2n) is 5.51. The molecule has 2 unspecified atom stereocenters. The van der Waals surface area contributed by atoms with Gasteiger partial charge < -0.3 is 4.90 Å². The molecular weight excluding hydrogens is 295 g/mol. The molecule has 2 fully saturated rings. The van der Waals surface area contributed by atoms with Gasteiger partial charge in [0.1, 0.15) is 12.0 Å². The lowest BCUT2D eigenvalue weighted by Crippen LogP contribution is -2.38. The van der Waals surface area contributed by atoms with Crippen molar-refractivity contribution in [1.29, 1.82) is 0 Å². The van der Waals surface area contributed by atoms with Crippen LogP contribution in [0.1, 0.15) is 24.6 Å². The summed E-state index contributed by atoms with van der Waals surface area (Å²) in [5, 5.41) is 2.57. The van der Waals surface area contributed by atoms with E-state index in [-0.39, 0.29) is 36.7 Å². The Morgan fingerprint density at radius 2 is 2.00 bits per heavy atom. The maximum absolute atomic E-state index is 13.0. The van der Waals surface area contributed by atoms with E-state index in [9.17, 15) is 17.6 Å². The van der Waals surface area contributed by atoms with E-state index in [4.69, 9.17) is 0 Å². The monoisotopic (exact) mass is 312 g/mol. The van der Waals surface area contributed by atoms with Crippen LogP contribution in [0, 0.1) is 5.82 Å². The molecule has 0 saturated carbocycles. The van der Waals surface area contributed by atoms with Crippen LogP contribution < -0.4 is 5.32 Å². The lowest BCUT2D eigenvalue weighted by molar-refractivity contribution is -0.128. The predicted octanol–water partition coefficient (Wildman–Crippen LogP) is 0.833. The number of carbonyl (C=O) groups excluding carboxylic acids is 1. The molecule has 1 aromatic carbocycles. The van der Waals surface area contributed by atoms with Crippen molar-refractivity contribution in [2.75, 3.05) is 18.8 Å². The third-order valence-electron chi connectivity index (χ3n) is 4.13. The average Bonchev–Trinajstić information content (AvgIpc) is 2.96. The molecule has 2 aliphatic heterocycles. The third-order valence-corrected chi connectivity index (χ3v) is 6.39. The van der Waals surface area contributed by atoms with Gasteiger partial charge in [-0.15, -0.1) is 0 Å². The minimum absolute atomic E-state index is 0.119. The molecule has 1 amide bonds. The van der Waals surface area contributed by atoms with Gasteiger partial charge in [0.05, 0.1) is 17.5 Å². The molecule has 0 spiro atoms. The molecular formula is C14H17FN2O3S. The van der Waals surface area contributed by atoms with Gasteiger partial charge in [-0.1, -0.05) is 12.1 Å². The van der Waals surface area contributed by atoms with Gasteiger partial charge in [-0.2, -0.15) is 0 Å². The number of sulfone groups is 1.